The lowest BCUT2D eigenvalue weighted by Crippen LogP contribution is -2.23. The molecule has 3 rings (SSSR count). The number of hydrogen-bond donors (Lipinski definition) is 1. The van der Waals surface area contributed by atoms with Crippen LogP contribution in [0.1, 0.15) is 11.1 Å². The van der Waals surface area contributed by atoms with Crippen molar-refractivity contribution in [2.24, 2.45) is 0 Å². The van der Waals surface area contributed by atoms with Crippen LogP contribution >= 0.6 is 11.5 Å². The monoisotopic (exact) mass is 345 g/mol. The minimum absolute atomic E-state index is 0.242. The number of hydrogen-bond acceptors (Lipinski definition) is 5. The predicted molar refractivity (Wildman–Crippen MR) is 90.5 cm³/mol. The minimum atomic E-state index is -3.50. The Balaban J connectivity index is 1.70. The van der Waals surface area contributed by atoms with Crippen molar-refractivity contribution in [3.8, 4) is 11.3 Å². The van der Waals surface area contributed by atoms with Crippen LogP contribution in [-0.2, 0) is 16.6 Å². The van der Waals surface area contributed by atoms with E-state index < -0.39 is 10.0 Å². The Bertz CT molecular complexity index is 889. The zero-order chi connectivity index (χ0) is 16.3. The van der Waals surface area contributed by atoms with Crippen molar-refractivity contribution in [3.63, 3.8) is 0 Å². The fourth-order valence-corrected chi connectivity index (χ4v) is 3.72. The fraction of sp³-hybridized carbons (Fsp3) is 0.125. The highest BCUT2D eigenvalue weighted by Crippen LogP contribution is 2.18. The van der Waals surface area contributed by atoms with Crippen LogP contribution in [0.2, 0.25) is 0 Å². The molecule has 1 N–H and O–H groups in total. The summed E-state index contributed by atoms with van der Waals surface area (Å²) in [4.78, 5) is 0.280. The molecule has 5 nitrogen and oxygen atoms in total. The Morgan fingerprint density at radius 2 is 1.91 bits per heavy atom. The SMILES string of the molecule is Cc1cccc(S(=O)(=O)NCc2ccc(-c3csnn3)cc2)c1. The number of nitrogens with one attached hydrogen (secondary N) is 1. The summed E-state index contributed by atoms with van der Waals surface area (Å²) in [5.41, 5.74) is 3.58. The van der Waals surface area contributed by atoms with Crippen LogP contribution in [0.5, 0.6) is 0 Å². The summed E-state index contributed by atoms with van der Waals surface area (Å²) in [5, 5.41) is 5.88. The molecule has 7 heteroatoms. The van der Waals surface area contributed by atoms with Crippen LogP contribution in [0.25, 0.3) is 11.3 Å². The lowest BCUT2D eigenvalue weighted by Gasteiger charge is -2.08. The highest BCUT2D eigenvalue weighted by atomic mass is 32.2. The van der Waals surface area contributed by atoms with Gasteiger partial charge in [-0.05, 0) is 41.7 Å². The van der Waals surface area contributed by atoms with Crippen molar-refractivity contribution in [2.45, 2.75) is 18.4 Å². The van der Waals surface area contributed by atoms with Crippen LogP contribution in [0.15, 0.2) is 58.8 Å². The number of benzene rings is 2. The Kier molecular flexibility index (Phi) is 4.51. The molecule has 23 heavy (non-hydrogen) atoms. The Morgan fingerprint density at radius 1 is 1.13 bits per heavy atom. The molecule has 3 aromatic rings. The predicted octanol–water partition coefficient (Wildman–Crippen LogP) is 2.99. The molecule has 0 bridgehead atoms. The molecule has 0 unspecified atom stereocenters. The van der Waals surface area contributed by atoms with Crippen LogP contribution in [-0.4, -0.2) is 18.0 Å². The van der Waals surface area contributed by atoms with Crippen LogP contribution in [0.4, 0.5) is 0 Å². The summed E-state index contributed by atoms with van der Waals surface area (Å²) in [7, 11) is -3.50. The van der Waals surface area contributed by atoms with E-state index in [0.29, 0.717) is 0 Å². The van der Waals surface area contributed by atoms with Gasteiger partial charge in [0.1, 0.15) is 5.69 Å². The number of aromatic nitrogens is 2. The van der Waals surface area contributed by atoms with E-state index in [9.17, 15) is 8.42 Å². The van der Waals surface area contributed by atoms with E-state index in [2.05, 4.69) is 14.3 Å². The molecule has 1 heterocycles. The molecule has 0 aliphatic heterocycles. The third kappa shape index (κ3) is 3.82. The molecule has 118 valence electrons. The summed E-state index contributed by atoms with van der Waals surface area (Å²) in [6.45, 7) is 2.11. The smallest absolute Gasteiger partial charge is 0.207 e. The summed E-state index contributed by atoms with van der Waals surface area (Å²) in [5.74, 6) is 0. The average molecular weight is 345 g/mol. The normalized spacial score (nSPS) is 11.5. The highest BCUT2D eigenvalue weighted by Gasteiger charge is 2.13. The van der Waals surface area contributed by atoms with Crippen molar-refractivity contribution in [3.05, 3.63) is 65.0 Å². The maximum absolute atomic E-state index is 12.3. The maximum Gasteiger partial charge on any atom is 0.240 e. The maximum atomic E-state index is 12.3. The highest BCUT2D eigenvalue weighted by molar-refractivity contribution is 7.89. The van der Waals surface area contributed by atoms with Gasteiger partial charge < -0.3 is 0 Å². The molecule has 0 saturated heterocycles. The molecular weight excluding hydrogens is 330 g/mol. The molecule has 0 atom stereocenters. The van der Waals surface area contributed by atoms with Crippen molar-refractivity contribution in [2.75, 3.05) is 0 Å². The summed E-state index contributed by atoms with van der Waals surface area (Å²) >= 11 is 1.30. The second kappa shape index (κ2) is 6.57. The Hall–Kier alpha value is -2.09. The zero-order valence-corrected chi connectivity index (χ0v) is 14.1. The van der Waals surface area contributed by atoms with Gasteiger partial charge in [0.15, 0.2) is 0 Å². The molecule has 2 aromatic carbocycles. The molecule has 0 fully saturated rings. The van der Waals surface area contributed by atoms with Crippen molar-refractivity contribution < 1.29 is 8.42 Å². The van der Waals surface area contributed by atoms with Crippen LogP contribution in [0, 0.1) is 6.92 Å². The van der Waals surface area contributed by atoms with Gasteiger partial charge in [0, 0.05) is 17.5 Å². The molecule has 1 aromatic heterocycles. The van der Waals surface area contributed by atoms with Crippen molar-refractivity contribution in [1.29, 1.82) is 0 Å². The van der Waals surface area contributed by atoms with E-state index in [1.54, 1.807) is 18.2 Å². The van der Waals surface area contributed by atoms with Gasteiger partial charge in [-0.2, -0.15) is 0 Å². The van der Waals surface area contributed by atoms with Crippen LogP contribution < -0.4 is 4.72 Å². The van der Waals surface area contributed by atoms with E-state index in [-0.39, 0.29) is 11.4 Å². The van der Waals surface area contributed by atoms with Gasteiger partial charge in [0.25, 0.3) is 0 Å². The van der Waals surface area contributed by atoms with E-state index in [1.165, 1.54) is 11.5 Å². The van der Waals surface area contributed by atoms with Gasteiger partial charge in [-0.1, -0.05) is 40.9 Å². The Labute approximate surface area is 139 Å². The average Bonchev–Trinajstić information content (AvgIpc) is 3.08. The summed E-state index contributed by atoms with van der Waals surface area (Å²) in [6.07, 6.45) is 0. The number of sulfonamides is 1. The standard InChI is InChI=1S/C16H15N3O2S2/c1-12-3-2-4-15(9-12)23(20,21)17-10-13-5-7-14(8-6-13)16-11-22-19-18-16/h2-9,11,17H,10H2,1H3. The topological polar surface area (TPSA) is 72.0 Å². The van der Waals surface area contributed by atoms with Gasteiger partial charge in [0.05, 0.1) is 4.90 Å². The molecule has 0 amide bonds. The first-order valence-electron chi connectivity index (χ1n) is 6.97. The summed E-state index contributed by atoms with van der Waals surface area (Å²) in [6, 6.07) is 14.4. The quantitative estimate of drug-likeness (QED) is 0.771. The largest absolute Gasteiger partial charge is 0.240 e. The molecular formula is C16H15N3O2S2. The first-order valence-corrected chi connectivity index (χ1v) is 9.29. The van der Waals surface area contributed by atoms with Gasteiger partial charge in [0.2, 0.25) is 10.0 Å². The second-order valence-corrected chi connectivity index (χ2v) is 7.50. The third-order valence-electron chi connectivity index (χ3n) is 3.38. The molecule has 0 aliphatic carbocycles. The van der Waals surface area contributed by atoms with Crippen molar-refractivity contribution in [1.82, 2.24) is 14.3 Å². The number of rotatable bonds is 5. The number of nitrogens with zero attached hydrogens (tertiary/aromatic N) is 2. The van der Waals surface area contributed by atoms with E-state index >= 15 is 0 Å². The first-order chi connectivity index (χ1) is 11.0. The molecule has 0 aliphatic rings. The van der Waals surface area contributed by atoms with Crippen molar-refractivity contribution >= 4 is 21.6 Å². The number of aryl methyl sites for hydroxylation is 1. The zero-order valence-electron chi connectivity index (χ0n) is 12.4. The lowest BCUT2D eigenvalue weighted by atomic mass is 10.1. The van der Waals surface area contributed by atoms with Gasteiger partial charge in [-0.3, -0.25) is 0 Å². The molecule has 0 saturated carbocycles. The first kappa shape index (κ1) is 15.8. The molecule has 0 radical (unpaired) electrons. The van der Waals surface area contributed by atoms with Gasteiger partial charge in [-0.25, -0.2) is 13.1 Å². The van der Waals surface area contributed by atoms with E-state index in [0.717, 1.165) is 22.4 Å². The van der Waals surface area contributed by atoms with E-state index in [4.69, 9.17) is 0 Å². The minimum Gasteiger partial charge on any atom is -0.207 e. The van der Waals surface area contributed by atoms with Crippen LogP contribution in [0.3, 0.4) is 0 Å². The van der Waals surface area contributed by atoms with E-state index in [1.807, 2.05) is 42.6 Å². The molecule has 0 spiro atoms. The fourth-order valence-electron chi connectivity index (χ4n) is 2.13. The lowest BCUT2D eigenvalue weighted by molar-refractivity contribution is 0.581. The second-order valence-electron chi connectivity index (χ2n) is 5.13. The van der Waals surface area contributed by atoms with Gasteiger partial charge in [-0.15, -0.1) is 5.10 Å². The van der Waals surface area contributed by atoms with Gasteiger partial charge >= 0.3 is 0 Å². The Morgan fingerprint density at radius 3 is 2.57 bits per heavy atom. The summed E-state index contributed by atoms with van der Waals surface area (Å²) < 4.78 is 31.0. The third-order valence-corrected chi connectivity index (χ3v) is 5.28.